The Morgan fingerprint density at radius 2 is 2.29 bits per heavy atom. The summed E-state index contributed by atoms with van der Waals surface area (Å²) in [7, 11) is 0. The zero-order chi connectivity index (χ0) is 14.2. The van der Waals surface area contributed by atoms with Crippen molar-refractivity contribution < 1.29 is 4.42 Å². The van der Waals surface area contributed by atoms with Crippen molar-refractivity contribution in [1.29, 1.82) is 0 Å². The number of hydrogen-bond donors (Lipinski definition) is 0. The molecule has 0 amide bonds. The minimum absolute atomic E-state index is 0.650. The maximum absolute atomic E-state index is 5.21. The van der Waals surface area contributed by atoms with Crippen molar-refractivity contribution in [1.82, 2.24) is 25.1 Å². The first-order valence-electron chi connectivity index (χ1n) is 6.69. The van der Waals surface area contributed by atoms with Crippen molar-refractivity contribution in [2.24, 2.45) is 0 Å². The first-order valence-corrected chi connectivity index (χ1v) is 7.49. The fourth-order valence-corrected chi connectivity index (χ4v) is 3.00. The molecule has 0 fully saturated rings. The number of nitrogens with zero attached hydrogens (tertiary/aromatic N) is 5. The molecule has 3 aromatic heterocycles. The highest BCUT2D eigenvalue weighted by Crippen LogP contribution is 2.24. The highest BCUT2D eigenvalue weighted by molar-refractivity contribution is 9.10. The number of rotatable bonds is 2. The third kappa shape index (κ3) is 2.54. The molecule has 0 atom stereocenters. The molecular formula is C14H12BrN5O. The first-order chi connectivity index (χ1) is 10.3. The summed E-state index contributed by atoms with van der Waals surface area (Å²) in [5, 5.41) is 8.71. The normalized spacial score (nSPS) is 15.3. The lowest BCUT2D eigenvalue weighted by Gasteiger charge is -2.26. The van der Waals surface area contributed by atoms with E-state index in [4.69, 9.17) is 4.42 Å². The van der Waals surface area contributed by atoms with Gasteiger partial charge >= 0.3 is 0 Å². The van der Waals surface area contributed by atoms with Gasteiger partial charge in [0.15, 0.2) is 5.65 Å². The topological polar surface area (TPSA) is 67.9 Å². The van der Waals surface area contributed by atoms with E-state index in [1.54, 1.807) is 6.20 Å². The number of aromatic nitrogens is 4. The lowest BCUT2D eigenvalue weighted by atomic mass is 10.0. The number of pyridine rings is 2. The van der Waals surface area contributed by atoms with Crippen LogP contribution in [0.5, 0.6) is 0 Å². The predicted molar refractivity (Wildman–Crippen MR) is 79.4 cm³/mol. The smallest absolute Gasteiger partial charge is 0.230 e. The lowest BCUT2D eigenvalue weighted by molar-refractivity contribution is 0.219. The zero-order valence-corrected chi connectivity index (χ0v) is 12.7. The largest absolute Gasteiger partial charge is 0.427 e. The third-order valence-corrected chi connectivity index (χ3v) is 4.06. The second-order valence-electron chi connectivity index (χ2n) is 5.09. The Morgan fingerprint density at radius 3 is 3.14 bits per heavy atom. The van der Waals surface area contributed by atoms with Crippen LogP contribution >= 0.6 is 15.9 Å². The number of fused-ring (bicyclic) bond motifs is 2. The number of halogens is 1. The molecule has 1 aliphatic heterocycles. The number of hydrogen-bond acceptors (Lipinski definition) is 6. The monoisotopic (exact) mass is 345 g/mol. The van der Waals surface area contributed by atoms with Crippen molar-refractivity contribution in [2.45, 2.75) is 19.5 Å². The van der Waals surface area contributed by atoms with Gasteiger partial charge in [-0.05, 0) is 33.6 Å². The Labute approximate surface area is 129 Å². The van der Waals surface area contributed by atoms with Crippen LogP contribution in [0.1, 0.15) is 17.1 Å². The van der Waals surface area contributed by atoms with Gasteiger partial charge in [0.05, 0.1) is 6.54 Å². The summed E-state index contributed by atoms with van der Waals surface area (Å²) in [5.41, 5.74) is 3.19. The molecule has 21 heavy (non-hydrogen) atoms. The standard InChI is InChI=1S/C14H12BrN5O/c15-11-4-9-3-10-6-20(7-13-19-17-8-21-13)2-1-12(10)18-14(9)16-5-11/h3-5,8H,1-2,6-7H2. The molecule has 7 heteroatoms. The summed E-state index contributed by atoms with van der Waals surface area (Å²) in [6.07, 6.45) is 4.06. The maximum atomic E-state index is 5.21. The quantitative estimate of drug-likeness (QED) is 0.710. The van der Waals surface area contributed by atoms with Crippen LogP contribution in [0.4, 0.5) is 0 Å². The molecule has 3 aromatic rings. The highest BCUT2D eigenvalue weighted by Gasteiger charge is 2.20. The summed E-state index contributed by atoms with van der Waals surface area (Å²) in [5.74, 6) is 0.650. The summed E-state index contributed by atoms with van der Waals surface area (Å²) in [6.45, 7) is 2.45. The molecule has 0 bridgehead atoms. The van der Waals surface area contributed by atoms with Crippen LogP contribution in [0.2, 0.25) is 0 Å². The average Bonchev–Trinajstić information content (AvgIpc) is 2.98. The van der Waals surface area contributed by atoms with Crippen LogP contribution in [0.15, 0.2) is 33.6 Å². The molecule has 0 saturated carbocycles. The van der Waals surface area contributed by atoms with Crippen LogP contribution in [-0.2, 0) is 19.5 Å². The molecule has 0 aromatic carbocycles. The van der Waals surface area contributed by atoms with Gasteiger partial charge in [-0.3, -0.25) is 4.90 Å². The van der Waals surface area contributed by atoms with Crippen LogP contribution in [0, 0.1) is 0 Å². The second-order valence-corrected chi connectivity index (χ2v) is 6.00. The molecule has 4 heterocycles. The first kappa shape index (κ1) is 12.8. The highest BCUT2D eigenvalue weighted by atomic mass is 79.9. The average molecular weight is 346 g/mol. The molecule has 4 rings (SSSR count). The lowest BCUT2D eigenvalue weighted by Crippen LogP contribution is -2.30. The van der Waals surface area contributed by atoms with Crippen LogP contribution in [0.3, 0.4) is 0 Å². The molecular weight excluding hydrogens is 334 g/mol. The van der Waals surface area contributed by atoms with Crippen molar-refractivity contribution in [3.63, 3.8) is 0 Å². The van der Waals surface area contributed by atoms with Gasteiger partial charge in [-0.15, -0.1) is 10.2 Å². The molecule has 1 aliphatic rings. The van der Waals surface area contributed by atoms with E-state index in [1.807, 2.05) is 6.07 Å². The Bertz CT molecular complexity index is 789. The van der Waals surface area contributed by atoms with Gasteiger partial charge in [0.1, 0.15) is 0 Å². The Hall–Kier alpha value is -1.86. The summed E-state index contributed by atoms with van der Waals surface area (Å²) in [4.78, 5) is 11.3. The summed E-state index contributed by atoms with van der Waals surface area (Å²) in [6, 6.07) is 4.22. The molecule has 6 nitrogen and oxygen atoms in total. The Morgan fingerprint density at radius 1 is 1.33 bits per heavy atom. The Kier molecular flexibility index (Phi) is 3.16. The minimum Gasteiger partial charge on any atom is -0.427 e. The fourth-order valence-electron chi connectivity index (χ4n) is 2.65. The van der Waals surface area contributed by atoms with Crippen molar-refractivity contribution in [2.75, 3.05) is 6.54 Å². The van der Waals surface area contributed by atoms with E-state index in [0.29, 0.717) is 12.4 Å². The van der Waals surface area contributed by atoms with Gasteiger partial charge in [0.25, 0.3) is 0 Å². The van der Waals surface area contributed by atoms with E-state index < -0.39 is 0 Å². The van der Waals surface area contributed by atoms with E-state index in [1.165, 1.54) is 12.0 Å². The van der Waals surface area contributed by atoms with E-state index in [9.17, 15) is 0 Å². The molecule has 0 radical (unpaired) electrons. The van der Waals surface area contributed by atoms with Crippen molar-refractivity contribution in [3.8, 4) is 0 Å². The summed E-state index contributed by atoms with van der Waals surface area (Å²) < 4.78 is 6.18. The van der Waals surface area contributed by atoms with Gasteiger partial charge in [0.2, 0.25) is 12.3 Å². The van der Waals surface area contributed by atoms with Crippen LogP contribution < -0.4 is 0 Å². The molecule has 106 valence electrons. The van der Waals surface area contributed by atoms with Gasteiger partial charge in [-0.25, -0.2) is 9.97 Å². The van der Waals surface area contributed by atoms with Gasteiger partial charge in [-0.2, -0.15) is 0 Å². The van der Waals surface area contributed by atoms with E-state index in [2.05, 4.69) is 47.1 Å². The van der Waals surface area contributed by atoms with Crippen LogP contribution in [-0.4, -0.2) is 31.6 Å². The van der Waals surface area contributed by atoms with E-state index in [0.717, 1.165) is 40.7 Å². The second kappa shape index (κ2) is 5.16. The SMILES string of the molecule is Brc1cnc2nc3c(cc2c1)CN(Cc1nnco1)CC3. The van der Waals surface area contributed by atoms with E-state index in [-0.39, 0.29) is 0 Å². The van der Waals surface area contributed by atoms with Gasteiger partial charge in [0, 0.05) is 41.3 Å². The zero-order valence-electron chi connectivity index (χ0n) is 11.2. The van der Waals surface area contributed by atoms with Gasteiger partial charge in [-0.1, -0.05) is 0 Å². The molecule has 0 spiro atoms. The summed E-state index contributed by atoms with van der Waals surface area (Å²) >= 11 is 3.45. The fraction of sp³-hybridized carbons (Fsp3) is 0.286. The molecule has 0 aliphatic carbocycles. The minimum atomic E-state index is 0.650. The third-order valence-electron chi connectivity index (χ3n) is 3.63. The molecule has 0 N–H and O–H groups in total. The van der Waals surface area contributed by atoms with Gasteiger partial charge < -0.3 is 4.42 Å². The van der Waals surface area contributed by atoms with Crippen molar-refractivity contribution in [3.05, 3.63) is 46.3 Å². The van der Waals surface area contributed by atoms with E-state index >= 15 is 0 Å². The van der Waals surface area contributed by atoms with Crippen molar-refractivity contribution >= 4 is 27.0 Å². The maximum Gasteiger partial charge on any atom is 0.230 e. The predicted octanol–water partition coefficient (Wildman–Crippen LogP) is 2.33. The molecule has 0 saturated heterocycles. The van der Waals surface area contributed by atoms with Crippen LogP contribution in [0.25, 0.3) is 11.0 Å². The Balaban J connectivity index is 1.64. The molecule has 0 unspecified atom stereocenters.